The highest BCUT2D eigenvalue weighted by Crippen LogP contribution is 2.29. The van der Waals surface area contributed by atoms with Crippen molar-refractivity contribution in [2.75, 3.05) is 44.5 Å². The summed E-state index contributed by atoms with van der Waals surface area (Å²) in [4.78, 5) is 8.27. The molecule has 20 heavy (non-hydrogen) atoms. The number of hydrogen-bond donors (Lipinski definition) is 3. The Morgan fingerprint density at radius 2 is 1.90 bits per heavy atom. The van der Waals surface area contributed by atoms with Crippen LogP contribution < -0.4 is 15.4 Å². The Morgan fingerprint density at radius 3 is 2.45 bits per heavy atom. The van der Waals surface area contributed by atoms with Gasteiger partial charge in [0.1, 0.15) is 6.33 Å². The van der Waals surface area contributed by atoms with Gasteiger partial charge in [0, 0.05) is 33.2 Å². The Labute approximate surface area is 119 Å². The maximum atomic E-state index is 10.2. The Morgan fingerprint density at radius 1 is 1.25 bits per heavy atom. The van der Waals surface area contributed by atoms with E-state index in [0.717, 1.165) is 6.54 Å². The van der Waals surface area contributed by atoms with Gasteiger partial charge in [0.05, 0.1) is 12.7 Å². The molecule has 1 rings (SSSR count). The van der Waals surface area contributed by atoms with Crippen LogP contribution >= 0.6 is 0 Å². The predicted molar refractivity (Wildman–Crippen MR) is 78.4 cm³/mol. The van der Waals surface area contributed by atoms with Gasteiger partial charge in [0.2, 0.25) is 5.75 Å². The maximum Gasteiger partial charge on any atom is 0.204 e. The lowest BCUT2D eigenvalue weighted by atomic mass is 10.0. The molecule has 0 amide bonds. The summed E-state index contributed by atoms with van der Waals surface area (Å²) in [6, 6.07) is 0. The highest BCUT2D eigenvalue weighted by atomic mass is 16.5. The lowest BCUT2D eigenvalue weighted by molar-refractivity contribution is 0.0356. The van der Waals surface area contributed by atoms with Crippen molar-refractivity contribution in [3.05, 3.63) is 6.33 Å². The Hall–Kier alpha value is -1.60. The molecule has 0 aliphatic heterocycles. The Kier molecular flexibility index (Phi) is 6.47. The van der Waals surface area contributed by atoms with E-state index in [9.17, 15) is 5.11 Å². The first-order chi connectivity index (χ1) is 9.54. The lowest BCUT2D eigenvalue weighted by Crippen LogP contribution is -2.35. The second kappa shape index (κ2) is 7.86. The van der Waals surface area contributed by atoms with E-state index in [1.54, 1.807) is 21.1 Å². The molecule has 7 heteroatoms. The number of nitrogens with zero attached hydrogens (tertiary/aromatic N) is 2. The summed E-state index contributed by atoms with van der Waals surface area (Å²) in [7, 11) is 3.17. The van der Waals surface area contributed by atoms with Crippen LogP contribution in [0.4, 0.5) is 11.6 Å². The Bertz CT molecular complexity index is 413. The topological polar surface area (TPSA) is 88.5 Å². The number of methoxy groups -OCH3 is 2. The first kappa shape index (κ1) is 16.5. The number of nitrogens with one attached hydrogen (secondary N) is 2. The van der Waals surface area contributed by atoms with Crippen molar-refractivity contribution < 1.29 is 14.6 Å². The van der Waals surface area contributed by atoms with Crippen molar-refractivity contribution in [1.29, 1.82) is 0 Å². The van der Waals surface area contributed by atoms with E-state index in [-0.39, 0.29) is 0 Å². The molecule has 3 N–H and O–H groups in total. The third-order valence-electron chi connectivity index (χ3n) is 2.83. The van der Waals surface area contributed by atoms with Crippen LogP contribution in [0.3, 0.4) is 0 Å². The molecule has 1 heterocycles. The van der Waals surface area contributed by atoms with Gasteiger partial charge in [-0.05, 0) is 13.8 Å². The normalized spacial score (nSPS) is 13.7. The molecule has 0 saturated carbocycles. The molecule has 114 valence electrons. The molecular formula is C13H24N4O3. The van der Waals surface area contributed by atoms with Gasteiger partial charge in [-0.15, -0.1) is 0 Å². The summed E-state index contributed by atoms with van der Waals surface area (Å²) in [5.74, 6) is 1.72. The number of rotatable bonds is 9. The Balaban J connectivity index is 2.74. The van der Waals surface area contributed by atoms with E-state index in [0.29, 0.717) is 37.0 Å². The van der Waals surface area contributed by atoms with Gasteiger partial charge < -0.3 is 25.2 Å². The lowest BCUT2D eigenvalue weighted by Gasteiger charge is -2.24. The summed E-state index contributed by atoms with van der Waals surface area (Å²) in [6.45, 7) is 5.30. The zero-order chi connectivity index (χ0) is 15.0. The molecular weight excluding hydrogens is 260 g/mol. The second-order valence-corrected chi connectivity index (χ2v) is 4.73. The van der Waals surface area contributed by atoms with E-state index >= 15 is 0 Å². The van der Waals surface area contributed by atoms with Crippen molar-refractivity contribution in [2.45, 2.75) is 25.9 Å². The molecule has 1 atom stereocenters. The smallest absolute Gasteiger partial charge is 0.204 e. The third-order valence-corrected chi connectivity index (χ3v) is 2.83. The summed E-state index contributed by atoms with van der Waals surface area (Å²) >= 11 is 0. The molecule has 0 radical (unpaired) electrons. The minimum Gasteiger partial charge on any atom is -0.490 e. The van der Waals surface area contributed by atoms with Crippen molar-refractivity contribution in [3.8, 4) is 5.75 Å². The van der Waals surface area contributed by atoms with Gasteiger partial charge in [-0.25, -0.2) is 9.97 Å². The van der Waals surface area contributed by atoms with E-state index in [1.165, 1.54) is 6.33 Å². The van der Waals surface area contributed by atoms with Gasteiger partial charge in [0.25, 0.3) is 0 Å². The van der Waals surface area contributed by atoms with Gasteiger partial charge in [0.15, 0.2) is 11.6 Å². The summed E-state index contributed by atoms with van der Waals surface area (Å²) < 4.78 is 10.3. The summed E-state index contributed by atoms with van der Waals surface area (Å²) in [5, 5.41) is 16.4. The van der Waals surface area contributed by atoms with Gasteiger partial charge in [-0.1, -0.05) is 0 Å². The molecule has 0 saturated heterocycles. The quantitative estimate of drug-likeness (QED) is 0.626. The van der Waals surface area contributed by atoms with Crippen LogP contribution in [0.15, 0.2) is 6.33 Å². The number of hydrogen-bond acceptors (Lipinski definition) is 7. The fraction of sp³-hybridized carbons (Fsp3) is 0.692. The first-order valence-corrected chi connectivity index (χ1v) is 6.62. The second-order valence-electron chi connectivity index (χ2n) is 4.73. The fourth-order valence-electron chi connectivity index (χ4n) is 1.67. The van der Waals surface area contributed by atoms with Crippen molar-refractivity contribution in [1.82, 2.24) is 9.97 Å². The van der Waals surface area contributed by atoms with Crippen molar-refractivity contribution >= 4 is 11.6 Å². The highest BCUT2D eigenvalue weighted by molar-refractivity contribution is 5.63. The van der Waals surface area contributed by atoms with E-state index in [1.807, 2.05) is 6.92 Å². The third kappa shape index (κ3) is 4.82. The SMILES string of the molecule is CCNc1ncnc(NCC(C)(O)CCOC)c1OC. The van der Waals surface area contributed by atoms with E-state index in [4.69, 9.17) is 9.47 Å². The zero-order valence-corrected chi connectivity index (χ0v) is 12.6. The number of aliphatic hydroxyl groups is 1. The highest BCUT2D eigenvalue weighted by Gasteiger charge is 2.21. The average molecular weight is 284 g/mol. The van der Waals surface area contributed by atoms with Crippen molar-refractivity contribution in [2.24, 2.45) is 0 Å². The van der Waals surface area contributed by atoms with E-state index in [2.05, 4.69) is 20.6 Å². The maximum absolute atomic E-state index is 10.2. The van der Waals surface area contributed by atoms with Crippen LogP contribution in [-0.4, -0.2) is 54.6 Å². The molecule has 7 nitrogen and oxygen atoms in total. The molecule has 1 aromatic heterocycles. The van der Waals surface area contributed by atoms with Gasteiger partial charge in [-0.2, -0.15) is 0 Å². The molecule has 0 aliphatic rings. The molecule has 0 fully saturated rings. The van der Waals surface area contributed by atoms with Crippen LogP contribution in [0, 0.1) is 0 Å². The summed E-state index contributed by atoms with van der Waals surface area (Å²) in [6.07, 6.45) is 1.98. The minimum atomic E-state index is -0.885. The van der Waals surface area contributed by atoms with Crippen LogP contribution in [0.2, 0.25) is 0 Å². The predicted octanol–water partition coefficient (Wildman–Crippen LogP) is 1.12. The number of ether oxygens (including phenoxy) is 2. The molecule has 1 unspecified atom stereocenters. The first-order valence-electron chi connectivity index (χ1n) is 6.62. The number of aromatic nitrogens is 2. The van der Waals surface area contributed by atoms with E-state index < -0.39 is 5.60 Å². The van der Waals surface area contributed by atoms with Crippen LogP contribution in [-0.2, 0) is 4.74 Å². The zero-order valence-electron chi connectivity index (χ0n) is 12.6. The molecule has 0 aliphatic carbocycles. The minimum absolute atomic E-state index is 0.343. The van der Waals surface area contributed by atoms with Crippen molar-refractivity contribution in [3.63, 3.8) is 0 Å². The molecule has 0 aromatic carbocycles. The van der Waals surface area contributed by atoms with Crippen LogP contribution in [0.5, 0.6) is 5.75 Å². The molecule has 1 aromatic rings. The average Bonchev–Trinajstić information content (AvgIpc) is 2.43. The molecule has 0 spiro atoms. The van der Waals surface area contributed by atoms with Gasteiger partial charge in [-0.3, -0.25) is 0 Å². The standard InChI is InChI=1S/C13H24N4O3/c1-5-14-11-10(20-4)12(17-9-16-11)15-8-13(2,18)6-7-19-3/h9,18H,5-8H2,1-4H3,(H2,14,15,16,17). The van der Waals surface area contributed by atoms with Crippen LogP contribution in [0.1, 0.15) is 20.3 Å². The monoisotopic (exact) mass is 284 g/mol. The largest absolute Gasteiger partial charge is 0.490 e. The summed E-state index contributed by atoms with van der Waals surface area (Å²) in [5.41, 5.74) is -0.885. The van der Waals surface area contributed by atoms with Crippen LogP contribution in [0.25, 0.3) is 0 Å². The molecule has 0 bridgehead atoms. The fourth-order valence-corrected chi connectivity index (χ4v) is 1.67. The van der Waals surface area contributed by atoms with Gasteiger partial charge >= 0.3 is 0 Å². The number of anilines is 2.